The number of rotatable bonds is 8. The monoisotopic (exact) mass is 381 g/mol. The predicted molar refractivity (Wildman–Crippen MR) is 108 cm³/mol. The number of piperazine rings is 1. The van der Waals surface area contributed by atoms with Crippen molar-refractivity contribution < 1.29 is 8.42 Å². The Labute approximate surface area is 159 Å². The number of nitrogens with zero attached hydrogens (tertiary/aromatic N) is 2. The zero-order valence-electron chi connectivity index (χ0n) is 16.9. The molecule has 1 fully saturated rings. The maximum absolute atomic E-state index is 12.7. The van der Waals surface area contributed by atoms with Gasteiger partial charge in [-0.05, 0) is 43.0 Å². The van der Waals surface area contributed by atoms with E-state index in [4.69, 9.17) is 0 Å². The first-order chi connectivity index (χ1) is 12.2. The van der Waals surface area contributed by atoms with E-state index in [1.165, 1.54) is 0 Å². The van der Waals surface area contributed by atoms with E-state index in [0.717, 1.165) is 38.2 Å². The molecule has 1 atom stereocenters. The lowest BCUT2D eigenvalue weighted by atomic mass is 10.0. The third-order valence-corrected chi connectivity index (χ3v) is 6.60. The Morgan fingerprint density at radius 1 is 1.00 bits per heavy atom. The summed E-state index contributed by atoms with van der Waals surface area (Å²) < 4.78 is 28.3. The van der Waals surface area contributed by atoms with Gasteiger partial charge in [0.2, 0.25) is 10.0 Å². The molecule has 0 radical (unpaired) electrons. The van der Waals surface area contributed by atoms with Crippen LogP contribution in [-0.2, 0) is 10.0 Å². The highest BCUT2D eigenvalue weighted by molar-refractivity contribution is 7.89. The molecule has 1 N–H and O–H groups in total. The quantitative estimate of drug-likeness (QED) is 0.752. The Bertz CT molecular complexity index is 648. The van der Waals surface area contributed by atoms with Crippen LogP contribution in [0.1, 0.15) is 45.6 Å². The smallest absolute Gasteiger partial charge is 0.240 e. The molecule has 1 unspecified atom stereocenters. The van der Waals surface area contributed by atoms with Gasteiger partial charge in [-0.25, -0.2) is 13.1 Å². The third-order valence-electron chi connectivity index (χ3n) is 5.16. The van der Waals surface area contributed by atoms with Crippen LogP contribution in [0, 0.1) is 5.92 Å². The van der Waals surface area contributed by atoms with Crippen LogP contribution < -0.4 is 4.72 Å². The minimum absolute atomic E-state index is 0.244. The van der Waals surface area contributed by atoms with Crippen LogP contribution in [0.25, 0.3) is 0 Å². The molecule has 1 aromatic rings. The Morgan fingerprint density at radius 3 is 2.08 bits per heavy atom. The van der Waals surface area contributed by atoms with Gasteiger partial charge < -0.3 is 4.90 Å². The predicted octanol–water partition coefficient (Wildman–Crippen LogP) is 2.75. The lowest BCUT2D eigenvalue weighted by Crippen LogP contribution is -2.52. The minimum Gasteiger partial charge on any atom is -0.304 e. The van der Waals surface area contributed by atoms with E-state index in [9.17, 15) is 8.42 Å². The minimum atomic E-state index is -3.47. The summed E-state index contributed by atoms with van der Waals surface area (Å²) >= 11 is 0. The molecule has 0 amide bonds. The Kier molecular flexibility index (Phi) is 7.64. The molecule has 0 saturated carbocycles. The van der Waals surface area contributed by atoms with Crippen molar-refractivity contribution in [3.63, 3.8) is 0 Å². The third kappa shape index (κ3) is 6.05. The summed E-state index contributed by atoms with van der Waals surface area (Å²) in [5.74, 6) is 0.932. The van der Waals surface area contributed by atoms with Crippen LogP contribution in [-0.4, -0.2) is 64.0 Å². The van der Waals surface area contributed by atoms with Crippen molar-refractivity contribution in [2.75, 3.05) is 39.8 Å². The van der Waals surface area contributed by atoms with Gasteiger partial charge in [-0.2, -0.15) is 0 Å². The van der Waals surface area contributed by atoms with Crippen LogP contribution in [0.2, 0.25) is 0 Å². The van der Waals surface area contributed by atoms with E-state index in [0.29, 0.717) is 23.3 Å². The van der Waals surface area contributed by atoms with E-state index in [-0.39, 0.29) is 6.04 Å². The Hall–Kier alpha value is -0.950. The summed E-state index contributed by atoms with van der Waals surface area (Å²) in [6.07, 6.45) is 0.999. The average Bonchev–Trinajstić information content (AvgIpc) is 2.59. The number of hydrogen-bond acceptors (Lipinski definition) is 4. The Balaban J connectivity index is 2.03. The van der Waals surface area contributed by atoms with Gasteiger partial charge in [0.15, 0.2) is 0 Å². The van der Waals surface area contributed by atoms with Gasteiger partial charge in [-0.3, -0.25) is 4.90 Å². The first kappa shape index (κ1) is 21.4. The van der Waals surface area contributed by atoms with E-state index in [2.05, 4.69) is 49.3 Å². The highest BCUT2D eigenvalue weighted by Crippen LogP contribution is 2.18. The van der Waals surface area contributed by atoms with Gasteiger partial charge in [-0.15, -0.1) is 0 Å². The van der Waals surface area contributed by atoms with Gasteiger partial charge in [0, 0.05) is 38.8 Å². The first-order valence-electron chi connectivity index (χ1n) is 9.71. The van der Waals surface area contributed by atoms with E-state index in [1.807, 2.05) is 12.1 Å². The number of nitrogens with one attached hydrogen (secondary N) is 1. The molecule has 6 heteroatoms. The lowest BCUT2D eigenvalue weighted by Gasteiger charge is -2.38. The molecule has 1 aromatic carbocycles. The number of benzene rings is 1. The fourth-order valence-corrected chi connectivity index (χ4v) is 4.49. The highest BCUT2D eigenvalue weighted by atomic mass is 32.2. The lowest BCUT2D eigenvalue weighted by molar-refractivity contribution is 0.102. The molecule has 0 spiro atoms. The van der Waals surface area contributed by atoms with Gasteiger partial charge in [0.05, 0.1) is 4.90 Å². The second kappa shape index (κ2) is 9.31. The van der Waals surface area contributed by atoms with Crippen LogP contribution in [0.15, 0.2) is 29.2 Å². The van der Waals surface area contributed by atoms with Crippen molar-refractivity contribution in [1.29, 1.82) is 0 Å². The van der Waals surface area contributed by atoms with Crippen LogP contribution in [0.4, 0.5) is 0 Å². The molecule has 0 aromatic heterocycles. The topological polar surface area (TPSA) is 52.7 Å². The van der Waals surface area contributed by atoms with Gasteiger partial charge in [-0.1, -0.05) is 39.8 Å². The molecule has 2 rings (SSSR count). The van der Waals surface area contributed by atoms with Crippen molar-refractivity contribution in [2.24, 2.45) is 5.92 Å². The molecule has 5 nitrogen and oxygen atoms in total. The zero-order valence-corrected chi connectivity index (χ0v) is 17.7. The van der Waals surface area contributed by atoms with Crippen LogP contribution >= 0.6 is 0 Å². The molecule has 26 heavy (non-hydrogen) atoms. The van der Waals surface area contributed by atoms with Crippen LogP contribution in [0.3, 0.4) is 0 Å². The second-order valence-corrected chi connectivity index (χ2v) is 9.97. The number of sulfonamides is 1. The fraction of sp³-hybridized carbons (Fsp3) is 0.700. The number of hydrogen-bond donors (Lipinski definition) is 1. The standard InChI is InChI=1S/C20H35N3O2S/c1-16(2)14-19(23-12-10-22(5)11-13-23)15-21-26(24,25)20-8-6-18(7-9-20)17(3)4/h6-9,16-17,19,21H,10-15H2,1-5H3. The van der Waals surface area contributed by atoms with E-state index in [1.54, 1.807) is 12.1 Å². The molecule has 1 saturated heterocycles. The summed E-state index contributed by atoms with van der Waals surface area (Å²) in [5.41, 5.74) is 1.15. The van der Waals surface area contributed by atoms with Crippen molar-refractivity contribution in [3.8, 4) is 0 Å². The second-order valence-electron chi connectivity index (χ2n) is 8.20. The molecule has 148 valence electrons. The summed E-state index contributed by atoms with van der Waals surface area (Å²) in [6, 6.07) is 7.49. The molecular weight excluding hydrogens is 346 g/mol. The average molecular weight is 382 g/mol. The van der Waals surface area contributed by atoms with Crippen LogP contribution in [0.5, 0.6) is 0 Å². The largest absolute Gasteiger partial charge is 0.304 e. The number of likely N-dealkylation sites (N-methyl/N-ethyl adjacent to an activating group) is 1. The first-order valence-corrected chi connectivity index (χ1v) is 11.2. The van der Waals surface area contributed by atoms with Gasteiger partial charge >= 0.3 is 0 Å². The molecule has 0 bridgehead atoms. The highest BCUT2D eigenvalue weighted by Gasteiger charge is 2.25. The summed E-state index contributed by atoms with van der Waals surface area (Å²) in [6.45, 7) is 13.1. The molecule has 1 aliphatic rings. The SMILES string of the molecule is CC(C)CC(CNS(=O)(=O)c1ccc(C(C)C)cc1)N1CCN(C)CC1. The summed E-state index contributed by atoms with van der Waals surface area (Å²) in [5, 5.41) is 0. The van der Waals surface area contributed by atoms with Crippen molar-refractivity contribution in [3.05, 3.63) is 29.8 Å². The fourth-order valence-electron chi connectivity index (χ4n) is 3.41. The summed E-state index contributed by atoms with van der Waals surface area (Å²) in [4.78, 5) is 5.11. The maximum Gasteiger partial charge on any atom is 0.240 e. The molecule has 1 heterocycles. The van der Waals surface area contributed by atoms with Crippen molar-refractivity contribution in [1.82, 2.24) is 14.5 Å². The molecule has 0 aliphatic carbocycles. The van der Waals surface area contributed by atoms with E-state index >= 15 is 0 Å². The normalized spacial score (nSPS) is 18.6. The maximum atomic E-state index is 12.7. The van der Waals surface area contributed by atoms with Gasteiger partial charge in [0.25, 0.3) is 0 Å². The Morgan fingerprint density at radius 2 is 1.58 bits per heavy atom. The molecule has 1 aliphatic heterocycles. The van der Waals surface area contributed by atoms with Gasteiger partial charge in [0.1, 0.15) is 0 Å². The van der Waals surface area contributed by atoms with Crippen molar-refractivity contribution >= 4 is 10.0 Å². The summed E-state index contributed by atoms with van der Waals surface area (Å²) in [7, 11) is -1.33. The van der Waals surface area contributed by atoms with E-state index < -0.39 is 10.0 Å². The molecular formula is C20H35N3O2S. The zero-order chi connectivity index (χ0) is 19.3. The van der Waals surface area contributed by atoms with Crippen molar-refractivity contribution in [2.45, 2.75) is 51.0 Å².